The fraction of sp³-hybridized carbons (Fsp3) is 0. The van der Waals surface area contributed by atoms with E-state index >= 15 is 0 Å². The smallest absolute Gasteiger partial charge is 0.207 e. The molecule has 0 unspecified atom stereocenters. The SMILES string of the molecule is Fc1ccc(-c2c[n+]3ccccc3n2-c2ccccc2)cc1. The fourth-order valence-electron chi connectivity index (χ4n) is 2.73. The Kier molecular flexibility index (Phi) is 2.97. The molecule has 2 aromatic heterocycles. The third kappa shape index (κ3) is 2.07. The van der Waals surface area contributed by atoms with Crippen LogP contribution in [0.1, 0.15) is 0 Å². The van der Waals surface area contributed by atoms with E-state index < -0.39 is 0 Å². The number of nitrogens with zero attached hydrogens (tertiary/aromatic N) is 2. The van der Waals surface area contributed by atoms with E-state index in [-0.39, 0.29) is 5.82 Å². The van der Waals surface area contributed by atoms with Crippen molar-refractivity contribution in [3.63, 3.8) is 0 Å². The van der Waals surface area contributed by atoms with Gasteiger partial charge in [-0.2, -0.15) is 4.57 Å². The molecule has 0 fully saturated rings. The first-order valence-corrected chi connectivity index (χ1v) is 7.16. The van der Waals surface area contributed by atoms with E-state index in [0.29, 0.717) is 0 Å². The summed E-state index contributed by atoms with van der Waals surface area (Å²) in [4.78, 5) is 0. The summed E-state index contributed by atoms with van der Waals surface area (Å²) >= 11 is 0. The van der Waals surface area contributed by atoms with Crippen molar-refractivity contribution < 1.29 is 8.79 Å². The number of benzene rings is 2. The maximum Gasteiger partial charge on any atom is 0.291 e. The Morgan fingerprint density at radius 2 is 1.50 bits per heavy atom. The van der Waals surface area contributed by atoms with Crippen LogP contribution in [0.5, 0.6) is 0 Å². The molecule has 106 valence electrons. The molecule has 3 heteroatoms. The van der Waals surface area contributed by atoms with Crippen molar-refractivity contribution in [2.24, 2.45) is 0 Å². The number of pyridine rings is 1. The first-order chi connectivity index (χ1) is 10.8. The third-order valence-corrected chi connectivity index (χ3v) is 3.75. The van der Waals surface area contributed by atoms with Gasteiger partial charge in [-0.05, 0) is 42.5 Å². The van der Waals surface area contributed by atoms with Crippen molar-refractivity contribution >= 4 is 5.65 Å². The standard InChI is InChI=1S/C19H14FN2/c20-16-11-9-15(10-12-16)18-14-21-13-5-4-8-19(21)22(18)17-6-2-1-3-7-17/h1-14H/q+1. The van der Waals surface area contributed by atoms with Gasteiger partial charge in [-0.15, -0.1) is 0 Å². The minimum absolute atomic E-state index is 0.223. The second kappa shape index (κ2) is 5.11. The van der Waals surface area contributed by atoms with Crippen LogP contribution in [0, 0.1) is 5.82 Å². The lowest BCUT2D eigenvalue weighted by Gasteiger charge is -2.02. The Morgan fingerprint density at radius 1 is 0.773 bits per heavy atom. The summed E-state index contributed by atoms with van der Waals surface area (Å²) in [6, 6.07) is 22.9. The first-order valence-electron chi connectivity index (χ1n) is 7.16. The van der Waals surface area contributed by atoms with Gasteiger partial charge in [0.2, 0.25) is 0 Å². The van der Waals surface area contributed by atoms with Crippen molar-refractivity contribution in [2.45, 2.75) is 0 Å². The van der Waals surface area contributed by atoms with Crippen LogP contribution in [-0.2, 0) is 0 Å². The number of aromatic nitrogens is 2. The average Bonchev–Trinajstić information content (AvgIpc) is 2.96. The van der Waals surface area contributed by atoms with E-state index in [0.717, 1.165) is 22.6 Å². The first kappa shape index (κ1) is 12.8. The zero-order chi connectivity index (χ0) is 14.9. The monoisotopic (exact) mass is 289 g/mol. The lowest BCUT2D eigenvalue weighted by molar-refractivity contribution is -0.510. The molecule has 0 radical (unpaired) electrons. The van der Waals surface area contributed by atoms with E-state index in [1.54, 1.807) is 0 Å². The van der Waals surface area contributed by atoms with Gasteiger partial charge in [0.15, 0.2) is 5.69 Å². The molecule has 0 aliphatic heterocycles. The van der Waals surface area contributed by atoms with Crippen molar-refractivity contribution in [3.05, 3.63) is 91.0 Å². The van der Waals surface area contributed by atoms with E-state index in [4.69, 9.17) is 0 Å². The third-order valence-electron chi connectivity index (χ3n) is 3.75. The summed E-state index contributed by atoms with van der Waals surface area (Å²) in [5.41, 5.74) is 4.15. The van der Waals surface area contributed by atoms with Crippen LogP contribution < -0.4 is 4.40 Å². The molecule has 0 amide bonds. The molecule has 0 saturated heterocycles. The molecule has 0 atom stereocenters. The molecule has 0 spiro atoms. The van der Waals surface area contributed by atoms with Gasteiger partial charge < -0.3 is 0 Å². The highest BCUT2D eigenvalue weighted by molar-refractivity contribution is 5.65. The summed E-state index contributed by atoms with van der Waals surface area (Å²) in [6.07, 6.45) is 4.08. The van der Waals surface area contributed by atoms with Crippen LogP contribution in [0.3, 0.4) is 0 Å². The van der Waals surface area contributed by atoms with Crippen molar-refractivity contribution in [1.82, 2.24) is 4.57 Å². The molecule has 22 heavy (non-hydrogen) atoms. The lowest BCUT2D eigenvalue weighted by Crippen LogP contribution is -2.17. The predicted molar refractivity (Wildman–Crippen MR) is 84.3 cm³/mol. The molecular weight excluding hydrogens is 275 g/mol. The average molecular weight is 289 g/mol. The summed E-state index contributed by atoms with van der Waals surface area (Å²) < 4.78 is 17.5. The van der Waals surface area contributed by atoms with Gasteiger partial charge in [0.05, 0.1) is 6.20 Å². The summed E-state index contributed by atoms with van der Waals surface area (Å²) in [5, 5.41) is 0. The van der Waals surface area contributed by atoms with Crippen molar-refractivity contribution in [3.8, 4) is 16.9 Å². The Morgan fingerprint density at radius 3 is 2.27 bits per heavy atom. The minimum atomic E-state index is -0.223. The zero-order valence-corrected chi connectivity index (χ0v) is 11.9. The van der Waals surface area contributed by atoms with Crippen LogP contribution in [0.15, 0.2) is 85.2 Å². The predicted octanol–water partition coefficient (Wildman–Crippen LogP) is 4.02. The van der Waals surface area contributed by atoms with Crippen LogP contribution in [0.4, 0.5) is 4.39 Å². The van der Waals surface area contributed by atoms with Crippen molar-refractivity contribution in [1.29, 1.82) is 0 Å². The number of hydrogen-bond donors (Lipinski definition) is 0. The highest BCUT2D eigenvalue weighted by Gasteiger charge is 2.20. The Hall–Kier alpha value is -2.94. The molecule has 0 N–H and O–H groups in total. The highest BCUT2D eigenvalue weighted by Crippen LogP contribution is 2.24. The largest absolute Gasteiger partial charge is 0.291 e. The number of hydrogen-bond acceptors (Lipinski definition) is 0. The quantitative estimate of drug-likeness (QED) is 0.493. The lowest BCUT2D eigenvalue weighted by atomic mass is 10.1. The maximum atomic E-state index is 13.2. The molecule has 2 nitrogen and oxygen atoms in total. The molecular formula is C19H14FN2+. The Bertz CT molecular complexity index is 925. The van der Waals surface area contributed by atoms with Gasteiger partial charge in [-0.25, -0.2) is 8.79 Å². The molecule has 2 heterocycles. The summed E-state index contributed by atoms with van der Waals surface area (Å²) in [5.74, 6) is -0.223. The van der Waals surface area contributed by atoms with E-state index in [1.165, 1.54) is 12.1 Å². The van der Waals surface area contributed by atoms with Crippen LogP contribution in [0.2, 0.25) is 0 Å². The zero-order valence-electron chi connectivity index (χ0n) is 11.9. The molecule has 0 saturated carbocycles. The maximum absolute atomic E-state index is 13.2. The van der Waals surface area contributed by atoms with E-state index in [9.17, 15) is 4.39 Å². The van der Waals surface area contributed by atoms with Gasteiger partial charge >= 0.3 is 0 Å². The Balaban J connectivity index is 2.04. The van der Waals surface area contributed by atoms with Gasteiger partial charge in [0.25, 0.3) is 5.65 Å². The molecule has 0 aliphatic carbocycles. The van der Waals surface area contributed by atoms with E-state index in [2.05, 4.69) is 33.4 Å². The second-order valence-electron chi connectivity index (χ2n) is 5.16. The highest BCUT2D eigenvalue weighted by atomic mass is 19.1. The molecule has 4 rings (SSSR count). The van der Waals surface area contributed by atoms with Gasteiger partial charge in [-0.1, -0.05) is 24.3 Å². The topological polar surface area (TPSA) is 9.03 Å². The number of halogens is 1. The van der Waals surface area contributed by atoms with Gasteiger partial charge in [-0.3, -0.25) is 0 Å². The summed E-state index contributed by atoms with van der Waals surface area (Å²) in [6.45, 7) is 0. The summed E-state index contributed by atoms with van der Waals surface area (Å²) in [7, 11) is 0. The molecule has 0 bridgehead atoms. The number of rotatable bonds is 2. The van der Waals surface area contributed by atoms with Crippen LogP contribution in [0.25, 0.3) is 22.6 Å². The molecule has 0 aliphatic rings. The van der Waals surface area contributed by atoms with Crippen LogP contribution in [-0.4, -0.2) is 4.57 Å². The van der Waals surface area contributed by atoms with Gasteiger partial charge in [0.1, 0.15) is 17.7 Å². The molecule has 2 aromatic carbocycles. The minimum Gasteiger partial charge on any atom is -0.207 e. The Labute approximate surface area is 127 Å². The van der Waals surface area contributed by atoms with Crippen LogP contribution >= 0.6 is 0 Å². The number of imidazole rings is 1. The second-order valence-corrected chi connectivity index (χ2v) is 5.16. The number of para-hydroxylation sites is 1. The normalized spacial score (nSPS) is 11.0. The fourth-order valence-corrected chi connectivity index (χ4v) is 2.73. The van der Waals surface area contributed by atoms with E-state index in [1.807, 2.05) is 48.7 Å². The van der Waals surface area contributed by atoms with Gasteiger partial charge in [0, 0.05) is 11.6 Å². The van der Waals surface area contributed by atoms with Crippen molar-refractivity contribution in [2.75, 3.05) is 0 Å². The number of fused-ring (bicyclic) bond motifs is 1. The molecule has 4 aromatic rings.